The predicted octanol–water partition coefficient (Wildman–Crippen LogP) is 6.56. The highest BCUT2D eigenvalue weighted by Gasteiger charge is 2.36. The molecule has 0 unspecified atom stereocenters. The number of carbonyl (C=O) groups is 3. The fourth-order valence-electron chi connectivity index (χ4n) is 6.85. The molecule has 2 heterocycles. The Balaban J connectivity index is 1.20. The van der Waals surface area contributed by atoms with Gasteiger partial charge in [-0.3, -0.25) is 9.59 Å². The zero-order valence-corrected chi connectivity index (χ0v) is 28.0. The van der Waals surface area contributed by atoms with Crippen molar-refractivity contribution in [3.63, 3.8) is 0 Å². The highest BCUT2D eigenvalue weighted by molar-refractivity contribution is 6.19. The third-order valence-electron chi connectivity index (χ3n) is 9.24. The van der Waals surface area contributed by atoms with Crippen LogP contribution < -0.4 is 19.9 Å². The Morgan fingerprint density at radius 2 is 1.36 bits per heavy atom. The lowest BCUT2D eigenvalue weighted by atomic mass is 9.95. The van der Waals surface area contributed by atoms with Gasteiger partial charge in [-0.25, -0.2) is 4.79 Å². The van der Waals surface area contributed by atoms with Gasteiger partial charge in [0.1, 0.15) is 11.5 Å². The molecule has 6 rings (SSSR count). The number of nitrogens with zero attached hydrogens (tertiary/aromatic N) is 3. The van der Waals surface area contributed by atoms with E-state index in [0.717, 1.165) is 32.7 Å². The minimum atomic E-state index is -0.491. The normalized spacial score (nSPS) is 16.9. The Morgan fingerprint density at radius 1 is 0.851 bits per heavy atom. The van der Waals surface area contributed by atoms with Gasteiger partial charge in [0.25, 0.3) is 0 Å². The molecule has 4 aromatic carbocycles. The Morgan fingerprint density at radius 3 is 1.91 bits per heavy atom. The van der Waals surface area contributed by atoms with Crippen LogP contribution in [0.15, 0.2) is 60.7 Å². The first-order valence-electron chi connectivity index (χ1n) is 15.9. The van der Waals surface area contributed by atoms with Gasteiger partial charge in [-0.15, -0.1) is 23.2 Å². The number of benzene rings is 4. The Bertz CT molecular complexity index is 1850. The molecular formula is C36H38Cl2N4O5. The highest BCUT2D eigenvalue weighted by Crippen LogP contribution is 2.47. The molecule has 9 nitrogen and oxygen atoms in total. The number of hydrogen-bond acceptors (Lipinski definition) is 6. The van der Waals surface area contributed by atoms with E-state index < -0.39 is 6.09 Å². The summed E-state index contributed by atoms with van der Waals surface area (Å²) >= 11 is 12.8. The molecule has 2 aliphatic rings. The van der Waals surface area contributed by atoms with Gasteiger partial charge in [0, 0.05) is 92.6 Å². The van der Waals surface area contributed by atoms with E-state index in [1.807, 2.05) is 55.6 Å². The summed E-state index contributed by atoms with van der Waals surface area (Å²) in [6.45, 7) is 1.92. The summed E-state index contributed by atoms with van der Waals surface area (Å²) in [5.41, 5.74) is 3.27. The van der Waals surface area contributed by atoms with Crippen LogP contribution in [-0.2, 0) is 9.59 Å². The number of hydrogen-bond donors (Lipinski definition) is 2. The second-order valence-electron chi connectivity index (χ2n) is 12.2. The maximum atomic E-state index is 13.7. The lowest BCUT2D eigenvalue weighted by molar-refractivity contribution is -0.119. The van der Waals surface area contributed by atoms with Gasteiger partial charge in [-0.2, -0.15) is 0 Å². The van der Waals surface area contributed by atoms with E-state index >= 15 is 0 Å². The average Bonchev–Trinajstić information content (AvgIpc) is 3.66. The fourth-order valence-corrected chi connectivity index (χ4v) is 7.36. The molecule has 3 amide bonds. The van der Waals surface area contributed by atoms with Gasteiger partial charge in [-0.1, -0.05) is 48.5 Å². The number of carbonyl (C=O) groups excluding carboxylic acids is 3. The van der Waals surface area contributed by atoms with Crippen LogP contribution in [0.3, 0.4) is 0 Å². The molecule has 0 bridgehead atoms. The number of halogens is 2. The lowest BCUT2D eigenvalue weighted by Gasteiger charge is -2.21. The Hall–Kier alpha value is -4.05. The van der Waals surface area contributed by atoms with Crippen LogP contribution in [0.5, 0.6) is 11.5 Å². The van der Waals surface area contributed by atoms with E-state index in [1.165, 1.54) is 4.90 Å². The molecule has 2 atom stereocenters. The Labute approximate surface area is 284 Å². The standard InChI is InChI=1S/C36H38Cl2N4O5/c1-39-14-15-40(2)36(46)47-31-17-29-35(27-11-6-4-9-25(27)31)23(19-38)21-42(29)33(45)13-7-12-32(44)41-20-22(18-37)34-26-10-5-3-8-24(26)30(43)16-28(34)41/h3-6,8-11,16-17,22-23,39,43H,7,12-15,18-21H2,1-2H3/t22-,23-/m1/s1. The minimum absolute atomic E-state index is 0.0578. The number of amides is 3. The summed E-state index contributed by atoms with van der Waals surface area (Å²) in [5, 5.41) is 17.0. The number of likely N-dealkylation sites (N-methyl/N-ethyl adjacent to an activating group) is 2. The highest BCUT2D eigenvalue weighted by atomic mass is 35.5. The number of alkyl halides is 2. The molecule has 2 aliphatic heterocycles. The van der Waals surface area contributed by atoms with Crippen molar-refractivity contribution >= 4 is 74.0 Å². The molecule has 0 spiro atoms. The molecule has 11 heteroatoms. The largest absolute Gasteiger partial charge is 0.507 e. The molecule has 2 N–H and O–H groups in total. The van der Waals surface area contributed by atoms with Crippen LogP contribution in [0.2, 0.25) is 0 Å². The van der Waals surface area contributed by atoms with Crippen molar-refractivity contribution in [2.45, 2.75) is 31.1 Å². The molecule has 0 saturated carbocycles. The van der Waals surface area contributed by atoms with Crippen molar-refractivity contribution in [2.75, 3.05) is 61.8 Å². The molecule has 246 valence electrons. The second-order valence-corrected chi connectivity index (χ2v) is 12.8. The van der Waals surface area contributed by atoms with Gasteiger partial charge < -0.3 is 29.9 Å². The van der Waals surface area contributed by atoms with Gasteiger partial charge >= 0.3 is 6.09 Å². The van der Waals surface area contributed by atoms with E-state index in [0.29, 0.717) is 61.5 Å². The third-order valence-corrected chi connectivity index (χ3v) is 9.98. The van der Waals surface area contributed by atoms with E-state index in [4.69, 9.17) is 27.9 Å². The lowest BCUT2D eigenvalue weighted by Crippen LogP contribution is -2.35. The first-order chi connectivity index (χ1) is 22.8. The molecule has 47 heavy (non-hydrogen) atoms. The minimum Gasteiger partial charge on any atom is -0.507 e. The monoisotopic (exact) mass is 676 g/mol. The predicted molar refractivity (Wildman–Crippen MR) is 188 cm³/mol. The first kappa shape index (κ1) is 32.9. The molecule has 0 saturated heterocycles. The molecule has 0 aliphatic carbocycles. The topological polar surface area (TPSA) is 102 Å². The van der Waals surface area contributed by atoms with E-state index in [9.17, 15) is 19.5 Å². The van der Waals surface area contributed by atoms with Gasteiger partial charge in [0.15, 0.2) is 0 Å². The van der Waals surface area contributed by atoms with Crippen LogP contribution in [0, 0.1) is 0 Å². The van der Waals surface area contributed by atoms with Crippen LogP contribution in [0.4, 0.5) is 16.2 Å². The zero-order chi connectivity index (χ0) is 33.2. The van der Waals surface area contributed by atoms with Crippen molar-refractivity contribution in [3.8, 4) is 11.5 Å². The molecule has 0 radical (unpaired) electrons. The molecule has 4 aromatic rings. The van der Waals surface area contributed by atoms with Crippen molar-refractivity contribution < 1.29 is 24.2 Å². The van der Waals surface area contributed by atoms with Crippen molar-refractivity contribution in [2.24, 2.45) is 0 Å². The quantitative estimate of drug-likeness (QED) is 0.185. The summed E-state index contributed by atoms with van der Waals surface area (Å²) in [6, 6.07) is 18.7. The smallest absolute Gasteiger partial charge is 0.415 e. The van der Waals surface area contributed by atoms with Gasteiger partial charge in [-0.05, 0) is 35.4 Å². The van der Waals surface area contributed by atoms with E-state index in [-0.39, 0.29) is 42.2 Å². The van der Waals surface area contributed by atoms with Gasteiger partial charge in [0.05, 0.1) is 11.4 Å². The zero-order valence-electron chi connectivity index (χ0n) is 26.5. The summed E-state index contributed by atoms with van der Waals surface area (Å²) in [7, 11) is 3.50. The van der Waals surface area contributed by atoms with E-state index in [1.54, 1.807) is 29.0 Å². The number of fused-ring (bicyclic) bond motifs is 6. The number of rotatable bonds is 10. The second kappa shape index (κ2) is 14.0. The SMILES string of the molecule is CNCCN(C)C(=O)Oc1cc2c(c3ccccc13)[C@H](CCl)CN2C(=O)CCCC(=O)N1C[C@@H](CCl)c2c1cc(O)c1ccccc21. The average molecular weight is 678 g/mol. The first-order valence-corrected chi connectivity index (χ1v) is 16.9. The van der Waals surface area contributed by atoms with Crippen molar-refractivity contribution in [1.29, 1.82) is 0 Å². The third kappa shape index (κ3) is 6.20. The fraction of sp³-hybridized carbons (Fsp3) is 0.361. The maximum absolute atomic E-state index is 13.7. The number of aromatic hydroxyl groups is 1. The summed E-state index contributed by atoms with van der Waals surface area (Å²) in [6.07, 6.45) is 0.164. The van der Waals surface area contributed by atoms with E-state index in [2.05, 4.69) is 5.32 Å². The van der Waals surface area contributed by atoms with Crippen molar-refractivity contribution in [1.82, 2.24) is 10.2 Å². The van der Waals surface area contributed by atoms with Crippen LogP contribution in [0.25, 0.3) is 21.5 Å². The van der Waals surface area contributed by atoms with Crippen LogP contribution in [0.1, 0.15) is 42.2 Å². The number of phenolic OH excluding ortho intramolecular Hbond substituents is 1. The number of phenols is 1. The molecular weight excluding hydrogens is 639 g/mol. The Kier molecular flexibility index (Phi) is 9.77. The number of nitrogens with one attached hydrogen (secondary N) is 1. The van der Waals surface area contributed by atoms with Gasteiger partial charge in [0.2, 0.25) is 11.8 Å². The summed E-state index contributed by atoms with van der Waals surface area (Å²) in [5.74, 6) is 0.756. The summed E-state index contributed by atoms with van der Waals surface area (Å²) in [4.78, 5) is 45.1. The number of anilines is 2. The van der Waals surface area contributed by atoms with Crippen LogP contribution in [-0.4, -0.2) is 79.9 Å². The summed E-state index contributed by atoms with van der Waals surface area (Å²) < 4.78 is 5.87. The number of ether oxygens (including phenoxy) is 1. The van der Waals surface area contributed by atoms with Crippen molar-refractivity contribution in [3.05, 3.63) is 71.8 Å². The van der Waals surface area contributed by atoms with Crippen LogP contribution >= 0.6 is 23.2 Å². The molecule has 0 aromatic heterocycles. The molecule has 0 fully saturated rings. The maximum Gasteiger partial charge on any atom is 0.415 e.